The standard InChI is InChI=1S/C27H34N8O9/c28-27-34-22-21(24(38)35-27)32-17(14-31-22)13-30-16-9-7-15(8-10-16)23(37)33-19(26(41)42)12-18(25(39)40)20(36)6-4-2-1-3-5-11-43-44-29/h7-10,14,18-19,30H,1-6,11-13,29H2,(H,33,37)(H,39,40)(H,41,42)(H3,28,31,34,35,38)/t18?,19-/m0/s1. The van der Waals surface area contributed by atoms with Crippen molar-refractivity contribution >= 4 is 46.4 Å². The van der Waals surface area contributed by atoms with Crippen LogP contribution in [-0.2, 0) is 30.8 Å². The Morgan fingerprint density at radius 2 is 1.68 bits per heavy atom. The molecule has 17 heteroatoms. The number of anilines is 2. The summed E-state index contributed by atoms with van der Waals surface area (Å²) in [6.07, 6.45) is 4.23. The molecule has 0 aliphatic carbocycles. The molecule has 0 saturated heterocycles. The number of ketones is 1. The Morgan fingerprint density at radius 3 is 2.36 bits per heavy atom. The Hall–Kier alpha value is -5.00. The van der Waals surface area contributed by atoms with Gasteiger partial charge in [0.25, 0.3) is 11.5 Å². The highest BCUT2D eigenvalue weighted by atomic mass is 17.3. The highest BCUT2D eigenvalue weighted by Crippen LogP contribution is 2.17. The Balaban J connectivity index is 1.52. The Morgan fingerprint density at radius 1 is 0.977 bits per heavy atom. The van der Waals surface area contributed by atoms with Crippen molar-refractivity contribution in [2.45, 2.75) is 57.5 Å². The van der Waals surface area contributed by atoms with Gasteiger partial charge in [-0.2, -0.15) is 10.9 Å². The third-order valence-corrected chi connectivity index (χ3v) is 6.59. The zero-order valence-corrected chi connectivity index (χ0v) is 23.7. The van der Waals surface area contributed by atoms with Gasteiger partial charge in [-0.1, -0.05) is 19.3 Å². The van der Waals surface area contributed by atoms with E-state index < -0.39 is 47.6 Å². The Kier molecular flexibility index (Phi) is 12.6. The molecule has 1 amide bonds. The molecule has 0 radical (unpaired) electrons. The average molecular weight is 615 g/mol. The molecule has 17 nitrogen and oxygen atoms in total. The first-order chi connectivity index (χ1) is 21.1. The minimum atomic E-state index is -1.60. The number of carboxylic acid groups (broad SMARTS) is 2. The van der Waals surface area contributed by atoms with E-state index in [0.717, 1.165) is 12.8 Å². The number of Topliss-reactive ketones (excluding diaryl/α,β-unsaturated/α-hetero) is 1. The summed E-state index contributed by atoms with van der Waals surface area (Å²) in [5, 5.41) is 24.6. The first kappa shape index (κ1) is 33.5. The fourth-order valence-corrected chi connectivity index (χ4v) is 4.27. The second-order valence-corrected chi connectivity index (χ2v) is 9.81. The van der Waals surface area contributed by atoms with E-state index in [1.165, 1.54) is 18.3 Å². The minimum absolute atomic E-state index is 0.0269. The summed E-state index contributed by atoms with van der Waals surface area (Å²) in [7, 11) is 0. The van der Waals surface area contributed by atoms with Crippen LogP contribution >= 0.6 is 0 Å². The van der Waals surface area contributed by atoms with Gasteiger partial charge in [0.15, 0.2) is 11.2 Å². The number of nitrogens with zero attached hydrogens (tertiary/aromatic N) is 3. The topological polar surface area (TPSA) is 275 Å². The fourth-order valence-electron chi connectivity index (χ4n) is 4.27. The number of amides is 1. The maximum atomic E-state index is 12.8. The number of benzene rings is 1. The van der Waals surface area contributed by atoms with Crippen molar-refractivity contribution in [3.8, 4) is 0 Å². The molecule has 0 saturated carbocycles. The number of carboxylic acids is 2. The second-order valence-electron chi connectivity index (χ2n) is 9.81. The van der Waals surface area contributed by atoms with Gasteiger partial charge in [0.05, 0.1) is 25.0 Å². The van der Waals surface area contributed by atoms with Gasteiger partial charge in [-0.05, 0) is 43.5 Å². The highest BCUT2D eigenvalue weighted by molar-refractivity contribution is 6.00. The Labute approximate surface area is 250 Å². The number of nitrogen functional groups attached to an aromatic ring is 1. The lowest BCUT2D eigenvalue weighted by Crippen LogP contribution is -2.44. The molecule has 2 heterocycles. The van der Waals surface area contributed by atoms with Crippen LogP contribution in [0.1, 0.15) is 61.0 Å². The minimum Gasteiger partial charge on any atom is -0.481 e. The lowest BCUT2D eigenvalue weighted by Gasteiger charge is -2.19. The van der Waals surface area contributed by atoms with Crippen LogP contribution in [0.3, 0.4) is 0 Å². The lowest BCUT2D eigenvalue weighted by molar-refractivity contribution is -0.299. The number of hydrogen-bond acceptors (Lipinski definition) is 13. The largest absolute Gasteiger partial charge is 0.481 e. The quantitative estimate of drug-likeness (QED) is 0.0428. The maximum absolute atomic E-state index is 12.8. The van der Waals surface area contributed by atoms with Crippen molar-refractivity contribution in [3.63, 3.8) is 0 Å². The van der Waals surface area contributed by atoms with E-state index in [4.69, 9.17) is 11.6 Å². The van der Waals surface area contributed by atoms with Crippen molar-refractivity contribution < 1.29 is 39.3 Å². The first-order valence-corrected chi connectivity index (χ1v) is 13.7. The normalized spacial score (nSPS) is 12.4. The molecule has 0 fully saturated rings. The summed E-state index contributed by atoms with van der Waals surface area (Å²) >= 11 is 0. The molecule has 0 bridgehead atoms. The fraction of sp³-hybridized carbons (Fsp3) is 0.407. The van der Waals surface area contributed by atoms with E-state index in [2.05, 4.69) is 40.4 Å². The molecule has 1 aromatic carbocycles. The van der Waals surface area contributed by atoms with Crippen LogP contribution in [0.15, 0.2) is 35.3 Å². The average Bonchev–Trinajstić information content (AvgIpc) is 2.99. The van der Waals surface area contributed by atoms with Crippen molar-refractivity contribution in [1.82, 2.24) is 25.3 Å². The second kappa shape index (κ2) is 16.6. The predicted molar refractivity (Wildman–Crippen MR) is 155 cm³/mol. The van der Waals surface area contributed by atoms with Gasteiger partial charge in [0.2, 0.25) is 5.95 Å². The number of hydrogen-bond donors (Lipinski definition) is 7. The number of aromatic nitrogens is 4. The summed E-state index contributed by atoms with van der Waals surface area (Å²) in [6, 6.07) is 4.41. The summed E-state index contributed by atoms with van der Waals surface area (Å²) < 4.78 is 0. The van der Waals surface area contributed by atoms with Crippen LogP contribution in [0.2, 0.25) is 0 Å². The molecule has 2 aromatic heterocycles. The van der Waals surface area contributed by atoms with Gasteiger partial charge < -0.3 is 26.6 Å². The van der Waals surface area contributed by atoms with E-state index in [1.54, 1.807) is 12.1 Å². The molecule has 2 atom stereocenters. The molecule has 3 rings (SSSR count). The molecule has 1 unspecified atom stereocenters. The summed E-state index contributed by atoms with van der Waals surface area (Å²) in [4.78, 5) is 84.2. The van der Waals surface area contributed by atoms with Gasteiger partial charge in [-0.25, -0.2) is 19.7 Å². The van der Waals surface area contributed by atoms with Crippen LogP contribution in [0.25, 0.3) is 11.2 Å². The smallest absolute Gasteiger partial charge is 0.326 e. The van der Waals surface area contributed by atoms with Gasteiger partial charge in [0, 0.05) is 17.7 Å². The molecule has 44 heavy (non-hydrogen) atoms. The molecule has 236 valence electrons. The van der Waals surface area contributed by atoms with Crippen LogP contribution in [0, 0.1) is 5.92 Å². The Bertz CT molecular complexity index is 1510. The monoisotopic (exact) mass is 614 g/mol. The summed E-state index contributed by atoms with van der Waals surface area (Å²) in [5.74, 6) is -1.18. The number of rotatable bonds is 19. The number of aromatic amines is 1. The van der Waals surface area contributed by atoms with Crippen LogP contribution in [-0.4, -0.2) is 66.4 Å². The summed E-state index contributed by atoms with van der Waals surface area (Å²) in [6.45, 7) is 0.518. The number of carbonyl (C=O) groups is 4. The van der Waals surface area contributed by atoms with Crippen molar-refractivity contribution in [3.05, 3.63) is 52.1 Å². The molecule has 3 aromatic rings. The third-order valence-electron chi connectivity index (χ3n) is 6.59. The number of nitrogens with one attached hydrogen (secondary N) is 3. The van der Waals surface area contributed by atoms with Gasteiger partial charge in [-0.3, -0.25) is 24.2 Å². The van der Waals surface area contributed by atoms with Gasteiger partial charge in [0.1, 0.15) is 17.7 Å². The number of H-pyrrole nitrogens is 1. The highest BCUT2D eigenvalue weighted by Gasteiger charge is 2.33. The van der Waals surface area contributed by atoms with Crippen molar-refractivity contribution in [2.24, 2.45) is 11.8 Å². The van der Waals surface area contributed by atoms with Gasteiger partial charge >= 0.3 is 11.9 Å². The lowest BCUT2D eigenvalue weighted by atomic mass is 9.92. The molecule has 0 spiro atoms. The molecular formula is C27H34N8O9. The molecular weight excluding hydrogens is 580 g/mol. The van der Waals surface area contributed by atoms with Crippen LogP contribution in [0.5, 0.6) is 0 Å². The first-order valence-electron chi connectivity index (χ1n) is 13.7. The third kappa shape index (κ3) is 10.1. The van der Waals surface area contributed by atoms with E-state index in [9.17, 15) is 34.2 Å². The number of nitrogens with two attached hydrogens (primary N) is 2. The maximum Gasteiger partial charge on any atom is 0.326 e. The zero-order valence-electron chi connectivity index (χ0n) is 23.7. The van der Waals surface area contributed by atoms with Gasteiger partial charge in [-0.15, -0.1) is 4.99 Å². The number of aliphatic carboxylic acids is 2. The molecule has 9 N–H and O–H groups in total. The van der Waals surface area contributed by atoms with Crippen LogP contribution in [0.4, 0.5) is 11.6 Å². The number of unbranched alkanes of at least 4 members (excludes halogenated alkanes) is 4. The van der Waals surface area contributed by atoms with Crippen molar-refractivity contribution in [1.29, 1.82) is 0 Å². The van der Waals surface area contributed by atoms with E-state index in [0.29, 0.717) is 37.3 Å². The van der Waals surface area contributed by atoms with E-state index in [1.807, 2.05) is 0 Å². The zero-order chi connectivity index (χ0) is 32.1. The van der Waals surface area contributed by atoms with Crippen LogP contribution < -0.4 is 27.8 Å². The number of fused-ring (bicyclic) bond motifs is 1. The molecule has 0 aliphatic heterocycles. The number of carbonyl (C=O) groups excluding carboxylic acids is 2. The predicted octanol–water partition coefficient (Wildman–Crippen LogP) is 0.913. The van der Waals surface area contributed by atoms with Crippen molar-refractivity contribution in [2.75, 3.05) is 17.7 Å². The molecule has 0 aliphatic rings. The van der Waals surface area contributed by atoms with E-state index >= 15 is 0 Å². The summed E-state index contributed by atoms with van der Waals surface area (Å²) in [5.41, 5.74) is 6.25. The van der Waals surface area contributed by atoms with E-state index in [-0.39, 0.29) is 35.6 Å². The SMILES string of the molecule is NOOCCCCCCCC(=O)C(C[C@H](NC(=O)c1ccc(NCc2cnc3nc(N)[nH]c(=O)c3n2)cc1)C(=O)O)C(=O)O.